The average molecular weight is 476 g/mol. The van der Waals surface area contributed by atoms with Crippen LogP contribution in [0.15, 0.2) is 48.5 Å². The number of nitrogens with two attached hydrogens (primary N) is 1. The van der Waals surface area contributed by atoms with Crippen LogP contribution in [0.4, 0.5) is 10.1 Å². The molecule has 1 aliphatic carbocycles. The highest BCUT2D eigenvalue weighted by Gasteiger charge is 2.26. The lowest BCUT2D eigenvalue weighted by atomic mass is 9.95. The van der Waals surface area contributed by atoms with Crippen LogP contribution < -0.4 is 11.1 Å². The predicted octanol–water partition coefficient (Wildman–Crippen LogP) is 3.84. The summed E-state index contributed by atoms with van der Waals surface area (Å²) in [6.45, 7) is 2.38. The van der Waals surface area contributed by atoms with Crippen molar-refractivity contribution >= 4 is 17.5 Å². The Balaban J connectivity index is 1.29. The van der Waals surface area contributed by atoms with Crippen molar-refractivity contribution in [3.8, 4) is 5.69 Å². The third-order valence-corrected chi connectivity index (χ3v) is 6.99. The van der Waals surface area contributed by atoms with Crippen molar-refractivity contribution in [3.63, 3.8) is 0 Å². The molecule has 1 aromatic heterocycles. The lowest BCUT2D eigenvalue weighted by Crippen LogP contribution is -2.40. The number of amides is 2. The van der Waals surface area contributed by atoms with Crippen LogP contribution in [-0.2, 0) is 24.2 Å². The Kier molecular flexibility index (Phi) is 6.63. The summed E-state index contributed by atoms with van der Waals surface area (Å²) in [6.07, 6.45) is 5.53. The Hall–Kier alpha value is -3.52. The van der Waals surface area contributed by atoms with Gasteiger partial charge in [-0.2, -0.15) is 5.10 Å². The van der Waals surface area contributed by atoms with Gasteiger partial charge >= 0.3 is 0 Å². The molecule has 0 saturated carbocycles. The summed E-state index contributed by atoms with van der Waals surface area (Å²) in [5, 5.41) is 7.63. The first kappa shape index (κ1) is 23.2. The molecule has 35 heavy (non-hydrogen) atoms. The van der Waals surface area contributed by atoms with Crippen molar-refractivity contribution in [1.82, 2.24) is 14.7 Å². The quantitative estimate of drug-likeness (QED) is 0.567. The number of hydrogen-bond acceptors (Lipinski definition) is 4. The molecule has 7 nitrogen and oxygen atoms in total. The first-order chi connectivity index (χ1) is 17.0. The zero-order chi connectivity index (χ0) is 24.4. The van der Waals surface area contributed by atoms with E-state index in [1.165, 1.54) is 12.1 Å². The van der Waals surface area contributed by atoms with E-state index < -0.39 is 0 Å². The summed E-state index contributed by atoms with van der Waals surface area (Å²) in [7, 11) is 0. The normalized spacial score (nSPS) is 18.1. The fraction of sp³-hybridized carbons (Fsp3) is 0.370. The highest BCUT2D eigenvalue weighted by Crippen LogP contribution is 2.28. The molecule has 5 rings (SSSR count). The Morgan fingerprint density at radius 1 is 1.03 bits per heavy atom. The highest BCUT2D eigenvalue weighted by molar-refractivity contribution is 6.04. The van der Waals surface area contributed by atoms with Crippen LogP contribution in [0.1, 0.15) is 53.0 Å². The Bertz CT molecular complexity index is 1220. The van der Waals surface area contributed by atoms with E-state index in [-0.39, 0.29) is 23.5 Å². The van der Waals surface area contributed by atoms with Crippen molar-refractivity contribution in [3.05, 3.63) is 76.9 Å². The summed E-state index contributed by atoms with van der Waals surface area (Å²) >= 11 is 0. The number of primary amides is 1. The molecule has 1 saturated heterocycles. The number of anilines is 1. The number of carbonyl (C=O) groups excluding carboxylic acids is 2. The zero-order valence-electron chi connectivity index (χ0n) is 19.7. The number of fused-ring (bicyclic) bond motifs is 1. The third-order valence-electron chi connectivity index (χ3n) is 6.99. The van der Waals surface area contributed by atoms with Gasteiger partial charge < -0.3 is 11.1 Å². The maximum absolute atomic E-state index is 13.4. The van der Waals surface area contributed by atoms with E-state index in [1.807, 2.05) is 24.3 Å². The van der Waals surface area contributed by atoms with Crippen LogP contribution in [0.2, 0.25) is 0 Å². The minimum Gasteiger partial charge on any atom is -0.369 e. The SMILES string of the molecule is NC(=O)C1CCCN(Cc2ccc(NC(=O)c3nn(-c4ccc(F)cc4)c4c3CCCC4)cc2)C1. The summed E-state index contributed by atoms with van der Waals surface area (Å²) in [6, 6.07) is 14.0. The van der Waals surface area contributed by atoms with Crippen molar-refractivity contribution < 1.29 is 14.0 Å². The van der Waals surface area contributed by atoms with Crippen molar-refractivity contribution in [2.24, 2.45) is 11.7 Å². The molecule has 3 aromatic rings. The molecule has 1 aliphatic heterocycles. The minimum absolute atomic E-state index is 0.0806. The molecule has 1 atom stereocenters. The standard InChI is InChI=1S/C27H30FN5O2/c28-20-9-13-22(14-10-20)33-24-6-2-1-5-23(24)25(31-33)27(35)30-21-11-7-18(8-12-21)16-32-15-3-4-19(17-32)26(29)34/h7-14,19H,1-6,15-17H2,(H2,29,34)(H,30,35). The molecule has 0 spiro atoms. The van der Waals surface area contributed by atoms with Crippen LogP contribution in [0.5, 0.6) is 0 Å². The van der Waals surface area contributed by atoms with E-state index >= 15 is 0 Å². The molecule has 0 radical (unpaired) electrons. The Morgan fingerprint density at radius 3 is 2.51 bits per heavy atom. The highest BCUT2D eigenvalue weighted by atomic mass is 19.1. The van der Waals surface area contributed by atoms with Crippen molar-refractivity contribution in [1.29, 1.82) is 0 Å². The monoisotopic (exact) mass is 475 g/mol. The van der Waals surface area contributed by atoms with Gasteiger partial charge in [-0.25, -0.2) is 9.07 Å². The fourth-order valence-electron chi connectivity index (χ4n) is 5.15. The molecule has 2 aromatic carbocycles. The second-order valence-electron chi connectivity index (χ2n) is 9.50. The number of carbonyl (C=O) groups is 2. The van der Waals surface area contributed by atoms with Gasteiger partial charge in [0.2, 0.25) is 5.91 Å². The maximum Gasteiger partial charge on any atom is 0.276 e. The first-order valence-electron chi connectivity index (χ1n) is 12.3. The number of piperidine rings is 1. The number of rotatable bonds is 6. The second-order valence-corrected chi connectivity index (χ2v) is 9.50. The largest absolute Gasteiger partial charge is 0.369 e. The fourth-order valence-corrected chi connectivity index (χ4v) is 5.15. The van der Waals surface area contributed by atoms with Gasteiger partial charge in [-0.05, 0) is 87.0 Å². The van der Waals surface area contributed by atoms with Gasteiger partial charge in [0.1, 0.15) is 5.82 Å². The van der Waals surface area contributed by atoms with Crippen LogP contribution in [0, 0.1) is 11.7 Å². The molecule has 8 heteroatoms. The minimum atomic E-state index is -0.302. The zero-order valence-corrected chi connectivity index (χ0v) is 19.7. The number of nitrogens with one attached hydrogen (secondary N) is 1. The number of aromatic nitrogens is 2. The molecule has 2 aliphatic rings. The van der Waals surface area contributed by atoms with Crippen LogP contribution >= 0.6 is 0 Å². The number of hydrogen-bond donors (Lipinski definition) is 2. The maximum atomic E-state index is 13.4. The first-order valence-corrected chi connectivity index (χ1v) is 12.3. The Labute approximate surface area is 204 Å². The molecule has 2 amide bonds. The topological polar surface area (TPSA) is 93.2 Å². The smallest absolute Gasteiger partial charge is 0.276 e. The summed E-state index contributed by atoms with van der Waals surface area (Å²) in [5.41, 5.74) is 10.5. The predicted molar refractivity (Wildman–Crippen MR) is 132 cm³/mol. The number of halogens is 1. The van der Waals surface area contributed by atoms with Gasteiger partial charge in [0.05, 0.1) is 11.6 Å². The van der Waals surface area contributed by atoms with Crippen molar-refractivity contribution in [2.75, 3.05) is 18.4 Å². The van der Waals surface area contributed by atoms with Gasteiger partial charge in [0.25, 0.3) is 5.91 Å². The second kappa shape index (κ2) is 10.00. The number of likely N-dealkylation sites (tertiary alicyclic amines) is 1. The van der Waals surface area contributed by atoms with Gasteiger partial charge in [-0.3, -0.25) is 14.5 Å². The molecule has 1 unspecified atom stereocenters. The molecule has 3 N–H and O–H groups in total. The summed E-state index contributed by atoms with van der Waals surface area (Å²) in [4.78, 5) is 27.0. The van der Waals surface area contributed by atoms with Gasteiger partial charge in [-0.15, -0.1) is 0 Å². The van der Waals surface area contributed by atoms with E-state index in [4.69, 9.17) is 5.73 Å². The van der Waals surface area contributed by atoms with E-state index in [0.717, 1.165) is 74.1 Å². The Morgan fingerprint density at radius 2 is 1.77 bits per heavy atom. The van der Waals surface area contributed by atoms with E-state index in [1.54, 1.807) is 16.8 Å². The number of nitrogens with zero attached hydrogens (tertiary/aromatic N) is 3. The van der Waals surface area contributed by atoms with E-state index in [2.05, 4.69) is 15.3 Å². The van der Waals surface area contributed by atoms with Gasteiger partial charge in [0.15, 0.2) is 5.69 Å². The van der Waals surface area contributed by atoms with E-state index in [9.17, 15) is 14.0 Å². The molecule has 1 fully saturated rings. The molecular weight excluding hydrogens is 445 g/mol. The van der Waals surface area contributed by atoms with Gasteiger partial charge in [0, 0.05) is 30.0 Å². The van der Waals surface area contributed by atoms with Crippen LogP contribution in [0.3, 0.4) is 0 Å². The van der Waals surface area contributed by atoms with Crippen molar-refractivity contribution in [2.45, 2.75) is 45.1 Å². The molecular formula is C27H30FN5O2. The van der Waals surface area contributed by atoms with Gasteiger partial charge in [-0.1, -0.05) is 12.1 Å². The summed E-state index contributed by atoms with van der Waals surface area (Å²) in [5.74, 6) is -0.846. The van der Waals surface area contributed by atoms with E-state index in [0.29, 0.717) is 17.9 Å². The lowest BCUT2D eigenvalue weighted by molar-refractivity contribution is -0.123. The summed E-state index contributed by atoms with van der Waals surface area (Å²) < 4.78 is 15.2. The van der Waals surface area contributed by atoms with Crippen LogP contribution in [-0.4, -0.2) is 39.6 Å². The molecule has 2 heterocycles. The molecule has 182 valence electrons. The average Bonchev–Trinajstić information content (AvgIpc) is 3.26. The number of benzene rings is 2. The lowest BCUT2D eigenvalue weighted by Gasteiger charge is -2.31. The molecule has 0 bridgehead atoms. The van der Waals surface area contributed by atoms with Crippen LogP contribution in [0.25, 0.3) is 5.69 Å². The third kappa shape index (κ3) is 5.12.